The zero-order valence-corrected chi connectivity index (χ0v) is 13.5. The largest absolute Gasteiger partial charge is 0.337 e. The zero-order chi connectivity index (χ0) is 15.4. The fourth-order valence-corrected chi connectivity index (χ4v) is 3.19. The van der Waals surface area contributed by atoms with Gasteiger partial charge in [-0.2, -0.15) is 0 Å². The number of hydrogen-bond acceptors (Lipinski definition) is 1. The van der Waals surface area contributed by atoms with Crippen molar-refractivity contribution in [1.29, 1.82) is 0 Å². The van der Waals surface area contributed by atoms with Crippen LogP contribution in [0.5, 0.6) is 0 Å². The maximum absolute atomic E-state index is 6.34. The fourth-order valence-electron chi connectivity index (χ4n) is 2.64. The monoisotopic (exact) mass is 330 g/mol. The Kier molecular flexibility index (Phi) is 4.81. The van der Waals surface area contributed by atoms with E-state index in [9.17, 15) is 0 Å². The highest BCUT2D eigenvalue weighted by Gasteiger charge is 2.16. The molecule has 3 rings (SSSR count). The molecule has 0 aliphatic heterocycles. The van der Waals surface area contributed by atoms with Crippen LogP contribution < -0.4 is 0 Å². The van der Waals surface area contributed by atoms with Crippen LogP contribution >= 0.6 is 23.2 Å². The van der Waals surface area contributed by atoms with Gasteiger partial charge in [-0.25, -0.2) is 4.98 Å². The van der Waals surface area contributed by atoms with E-state index >= 15 is 0 Å². The Labute approximate surface area is 140 Å². The first kappa shape index (κ1) is 15.1. The van der Waals surface area contributed by atoms with Gasteiger partial charge in [-0.1, -0.05) is 59.6 Å². The molecule has 112 valence electrons. The smallest absolute Gasteiger partial charge is 0.0946 e. The number of imidazole rings is 1. The van der Waals surface area contributed by atoms with Crippen molar-refractivity contribution < 1.29 is 0 Å². The molecule has 0 bridgehead atoms. The van der Waals surface area contributed by atoms with E-state index in [1.807, 2.05) is 36.8 Å². The van der Waals surface area contributed by atoms with E-state index in [2.05, 4.69) is 33.8 Å². The van der Waals surface area contributed by atoms with Crippen LogP contribution in [0.3, 0.4) is 0 Å². The van der Waals surface area contributed by atoms with Gasteiger partial charge in [0.15, 0.2) is 0 Å². The number of rotatable bonds is 5. The van der Waals surface area contributed by atoms with Crippen molar-refractivity contribution >= 4 is 23.2 Å². The first-order valence-corrected chi connectivity index (χ1v) is 7.93. The summed E-state index contributed by atoms with van der Waals surface area (Å²) in [6, 6.07) is 16.1. The van der Waals surface area contributed by atoms with Gasteiger partial charge in [-0.3, -0.25) is 0 Å². The van der Waals surface area contributed by atoms with E-state index in [0.29, 0.717) is 0 Å². The number of halogens is 2. The molecular weight excluding hydrogens is 315 g/mol. The molecule has 3 aromatic rings. The highest BCUT2D eigenvalue weighted by atomic mass is 35.5. The zero-order valence-electron chi connectivity index (χ0n) is 12.0. The molecule has 0 amide bonds. The molecule has 4 heteroatoms. The minimum absolute atomic E-state index is 0.285. The van der Waals surface area contributed by atoms with Gasteiger partial charge in [0.1, 0.15) is 0 Å². The molecule has 0 fully saturated rings. The van der Waals surface area contributed by atoms with E-state index in [1.54, 1.807) is 6.20 Å². The van der Waals surface area contributed by atoms with Gasteiger partial charge >= 0.3 is 0 Å². The molecule has 1 heterocycles. The predicted molar refractivity (Wildman–Crippen MR) is 91.6 cm³/mol. The normalized spacial score (nSPS) is 12.3. The van der Waals surface area contributed by atoms with Crippen molar-refractivity contribution in [2.75, 3.05) is 0 Å². The number of aromatic nitrogens is 2. The lowest BCUT2D eigenvalue weighted by Gasteiger charge is -2.19. The molecule has 0 saturated heterocycles. The van der Waals surface area contributed by atoms with Crippen LogP contribution in [-0.2, 0) is 13.0 Å². The summed E-state index contributed by atoms with van der Waals surface area (Å²) in [5.74, 6) is 0.285. The molecular formula is C18H16Cl2N2. The second-order valence-corrected chi connectivity index (χ2v) is 6.09. The average Bonchev–Trinajstić information content (AvgIpc) is 3.04. The van der Waals surface area contributed by atoms with Crippen molar-refractivity contribution in [1.82, 2.24) is 9.55 Å². The topological polar surface area (TPSA) is 17.8 Å². The second kappa shape index (κ2) is 6.99. The standard InChI is InChI=1S/C18H16Cl2N2/c19-17-7-4-8-18(20)16(17)11-15(12-22-10-9-21-13-22)14-5-2-1-3-6-14/h1-10,13,15H,11-12H2. The van der Waals surface area contributed by atoms with Crippen LogP contribution in [0.2, 0.25) is 10.0 Å². The third-order valence-electron chi connectivity index (χ3n) is 3.77. The van der Waals surface area contributed by atoms with Crippen molar-refractivity contribution in [3.63, 3.8) is 0 Å². The maximum Gasteiger partial charge on any atom is 0.0946 e. The summed E-state index contributed by atoms with van der Waals surface area (Å²) >= 11 is 12.7. The summed E-state index contributed by atoms with van der Waals surface area (Å²) in [5.41, 5.74) is 2.27. The molecule has 0 aliphatic carbocycles. The maximum atomic E-state index is 6.34. The second-order valence-electron chi connectivity index (χ2n) is 5.27. The van der Waals surface area contributed by atoms with Crippen molar-refractivity contribution in [3.8, 4) is 0 Å². The van der Waals surface area contributed by atoms with Crippen molar-refractivity contribution in [3.05, 3.63) is 88.4 Å². The van der Waals surface area contributed by atoms with E-state index in [1.165, 1.54) is 5.56 Å². The molecule has 2 nitrogen and oxygen atoms in total. The van der Waals surface area contributed by atoms with Crippen LogP contribution in [0, 0.1) is 0 Å². The minimum atomic E-state index is 0.285. The molecule has 1 atom stereocenters. The van der Waals surface area contributed by atoms with Gasteiger partial charge in [0.25, 0.3) is 0 Å². The molecule has 0 saturated carbocycles. The highest BCUT2D eigenvalue weighted by Crippen LogP contribution is 2.31. The Morgan fingerprint density at radius 2 is 1.68 bits per heavy atom. The highest BCUT2D eigenvalue weighted by molar-refractivity contribution is 6.36. The van der Waals surface area contributed by atoms with Crippen molar-refractivity contribution in [2.24, 2.45) is 0 Å². The molecule has 1 aromatic heterocycles. The van der Waals surface area contributed by atoms with Gasteiger partial charge in [-0.15, -0.1) is 0 Å². The lowest BCUT2D eigenvalue weighted by atomic mass is 9.91. The van der Waals surface area contributed by atoms with Gasteiger partial charge in [0.05, 0.1) is 6.33 Å². The number of benzene rings is 2. The van der Waals surface area contributed by atoms with Crippen LogP contribution in [0.15, 0.2) is 67.3 Å². The lowest BCUT2D eigenvalue weighted by Crippen LogP contribution is -2.11. The van der Waals surface area contributed by atoms with Gasteiger partial charge < -0.3 is 4.57 Å². The first-order chi connectivity index (χ1) is 10.7. The Morgan fingerprint density at radius 1 is 0.955 bits per heavy atom. The molecule has 22 heavy (non-hydrogen) atoms. The molecule has 0 spiro atoms. The fraction of sp³-hybridized carbons (Fsp3) is 0.167. The Hall–Kier alpha value is -1.77. The summed E-state index contributed by atoms with van der Waals surface area (Å²) in [7, 11) is 0. The van der Waals surface area contributed by atoms with Crippen LogP contribution in [0.25, 0.3) is 0 Å². The van der Waals surface area contributed by atoms with Gasteiger partial charge in [0.2, 0.25) is 0 Å². The Balaban J connectivity index is 1.92. The van der Waals surface area contributed by atoms with Crippen molar-refractivity contribution in [2.45, 2.75) is 18.9 Å². The quantitative estimate of drug-likeness (QED) is 0.627. The summed E-state index contributed by atoms with van der Waals surface area (Å²) < 4.78 is 2.09. The molecule has 0 radical (unpaired) electrons. The van der Waals surface area contributed by atoms with Crippen LogP contribution in [-0.4, -0.2) is 9.55 Å². The van der Waals surface area contributed by atoms with E-state index in [0.717, 1.165) is 28.6 Å². The van der Waals surface area contributed by atoms with Crippen LogP contribution in [0.4, 0.5) is 0 Å². The number of nitrogens with zero attached hydrogens (tertiary/aromatic N) is 2. The SMILES string of the molecule is Clc1cccc(Cl)c1CC(Cn1ccnc1)c1ccccc1. The summed E-state index contributed by atoms with van der Waals surface area (Å²) in [5, 5.41) is 1.44. The molecule has 0 N–H and O–H groups in total. The molecule has 2 aromatic carbocycles. The summed E-state index contributed by atoms with van der Waals surface area (Å²) in [6.45, 7) is 0.839. The van der Waals surface area contributed by atoms with E-state index in [-0.39, 0.29) is 5.92 Å². The Bertz CT molecular complexity index is 704. The number of hydrogen-bond donors (Lipinski definition) is 0. The third kappa shape index (κ3) is 3.52. The first-order valence-electron chi connectivity index (χ1n) is 7.17. The molecule has 0 aliphatic rings. The van der Waals surface area contributed by atoms with E-state index in [4.69, 9.17) is 23.2 Å². The Morgan fingerprint density at radius 3 is 2.32 bits per heavy atom. The summed E-state index contributed by atoms with van der Waals surface area (Å²) in [4.78, 5) is 4.12. The van der Waals surface area contributed by atoms with E-state index < -0.39 is 0 Å². The predicted octanol–water partition coefficient (Wildman–Crippen LogP) is 5.22. The lowest BCUT2D eigenvalue weighted by molar-refractivity contribution is 0.556. The van der Waals surface area contributed by atoms with Crippen LogP contribution in [0.1, 0.15) is 17.0 Å². The summed E-state index contributed by atoms with van der Waals surface area (Å²) in [6.07, 6.45) is 6.40. The third-order valence-corrected chi connectivity index (χ3v) is 4.48. The molecule has 1 unspecified atom stereocenters. The average molecular weight is 331 g/mol. The van der Waals surface area contributed by atoms with Gasteiger partial charge in [-0.05, 0) is 29.7 Å². The van der Waals surface area contributed by atoms with Gasteiger partial charge in [0, 0.05) is 34.9 Å². The minimum Gasteiger partial charge on any atom is -0.337 e.